The third kappa shape index (κ3) is 7.65. The molecule has 0 aliphatic heterocycles. The van der Waals surface area contributed by atoms with Crippen LogP contribution in [-0.4, -0.2) is 42.2 Å². The lowest BCUT2D eigenvalue weighted by Crippen LogP contribution is -2.56. The molecular formula is C12H10F9N3O2. The van der Waals surface area contributed by atoms with Crippen molar-refractivity contribution in [1.29, 1.82) is 0 Å². The standard InChI is InChI=1S/C12H10F9N3O2/c13-10(14,15)5-26-7-3-6(1-2-22-7)4-23-9(25)24-8(11(16,17)18)12(19,20)21/h1-3,8H,4-5H2,(H2,23,24,25). The second-order valence-electron chi connectivity index (χ2n) is 4.75. The molecule has 14 heteroatoms. The fourth-order valence-electron chi connectivity index (χ4n) is 1.51. The van der Waals surface area contributed by atoms with Gasteiger partial charge in [0.05, 0.1) is 0 Å². The Labute approximate surface area is 139 Å². The van der Waals surface area contributed by atoms with Gasteiger partial charge in [0.25, 0.3) is 0 Å². The summed E-state index contributed by atoms with van der Waals surface area (Å²) in [6, 6.07) is -3.76. The first-order valence-electron chi connectivity index (χ1n) is 6.51. The lowest BCUT2D eigenvalue weighted by molar-refractivity contribution is -0.255. The predicted octanol–water partition coefficient (Wildman–Crippen LogP) is 3.32. The highest BCUT2D eigenvalue weighted by Gasteiger charge is 2.57. The molecule has 0 unspecified atom stereocenters. The van der Waals surface area contributed by atoms with E-state index in [2.05, 4.69) is 9.72 Å². The van der Waals surface area contributed by atoms with Crippen LogP contribution in [0.25, 0.3) is 0 Å². The second kappa shape index (κ2) is 7.86. The smallest absolute Gasteiger partial charge is 0.422 e. The molecule has 1 aromatic rings. The van der Waals surface area contributed by atoms with Crippen LogP contribution in [0.2, 0.25) is 0 Å². The Balaban J connectivity index is 2.64. The van der Waals surface area contributed by atoms with Gasteiger partial charge in [-0.3, -0.25) is 0 Å². The van der Waals surface area contributed by atoms with Crippen molar-refractivity contribution >= 4 is 6.03 Å². The van der Waals surface area contributed by atoms with Crippen LogP contribution in [0.5, 0.6) is 5.88 Å². The number of nitrogens with one attached hydrogen (secondary N) is 2. The van der Waals surface area contributed by atoms with Gasteiger partial charge in [-0.25, -0.2) is 9.78 Å². The maximum atomic E-state index is 12.3. The van der Waals surface area contributed by atoms with E-state index >= 15 is 0 Å². The minimum absolute atomic E-state index is 0.0305. The molecule has 0 bridgehead atoms. The van der Waals surface area contributed by atoms with E-state index in [0.717, 1.165) is 23.6 Å². The van der Waals surface area contributed by atoms with Crippen LogP contribution in [0.1, 0.15) is 5.56 Å². The second-order valence-corrected chi connectivity index (χ2v) is 4.75. The van der Waals surface area contributed by atoms with Crippen LogP contribution < -0.4 is 15.4 Å². The van der Waals surface area contributed by atoms with E-state index in [4.69, 9.17) is 0 Å². The molecule has 2 amide bonds. The molecule has 0 saturated heterocycles. The first-order chi connectivity index (χ1) is 11.7. The van der Waals surface area contributed by atoms with Crippen molar-refractivity contribution in [2.45, 2.75) is 31.1 Å². The molecule has 0 aliphatic carbocycles. The third-order valence-corrected chi connectivity index (χ3v) is 2.57. The first-order valence-corrected chi connectivity index (χ1v) is 6.51. The van der Waals surface area contributed by atoms with Crippen molar-refractivity contribution in [3.05, 3.63) is 23.9 Å². The molecule has 2 N–H and O–H groups in total. The Kier molecular flexibility index (Phi) is 6.54. The van der Waals surface area contributed by atoms with Crippen LogP contribution in [0, 0.1) is 0 Å². The number of carbonyl (C=O) groups excluding carboxylic acids is 1. The summed E-state index contributed by atoms with van der Waals surface area (Å²) >= 11 is 0. The van der Waals surface area contributed by atoms with Crippen LogP contribution in [0.15, 0.2) is 18.3 Å². The van der Waals surface area contributed by atoms with Gasteiger partial charge in [0, 0.05) is 18.8 Å². The number of amides is 2. The summed E-state index contributed by atoms with van der Waals surface area (Å²) in [4.78, 5) is 14.7. The maximum absolute atomic E-state index is 12.3. The van der Waals surface area contributed by atoms with Crippen molar-refractivity contribution in [3.63, 3.8) is 0 Å². The highest BCUT2D eigenvalue weighted by Crippen LogP contribution is 2.33. The number of rotatable bonds is 5. The molecule has 0 saturated carbocycles. The van der Waals surface area contributed by atoms with Gasteiger partial charge in [-0.05, 0) is 11.6 Å². The topological polar surface area (TPSA) is 63.2 Å². The van der Waals surface area contributed by atoms with Gasteiger partial charge in [0.15, 0.2) is 6.61 Å². The molecule has 0 fully saturated rings. The molecule has 5 nitrogen and oxygen atoms in total. The summed E-state index contributed by atoms with van der Waals surface area (Å²) < 4.78 is 114. The number of halogens is 9. The number of hydrogen-bond donors (Lipinski definition) is 2. The minimum Gasteiger partial charge on any atom is -0.468 e. The molecule has 0 aliphatic rings. The zero-order chi connectivity index (χ0) is 20.2. The lowest BCUT2D eigenvalue weighted by atomic mass is 10.2. The monoisotopic (exact) mass is 399 g/mol. The largest absolute Gasteiger partial charge is 0.468 e. The van der Waals surface area contributed by atoms with Gasteiger partial charge in [0.2, 0.25) is 11.9 Å². The van der Waals surface area contributed by atoms with Crippen molar-refractivity contribution in [3.8, 4) is 5.88 Å². The van der Waals surface area contributed by atoms with Gasteiger partial charge < -0.3 is 15.4 Å². The van der Waals surface area contributed by atoms with E-state index in [1.807, 2.05) is 0 Å². The molecule has 148 valence electrons. The van der Waals surface area contributed by atoms with E-state index in [-0.39, 0.29) is 5.56 Å². The molecule has 0 spiro atoms. The lowest BCUT2D eigenvalue weighted by Gasteiger charge is -2.23. The number of urea groups is 1. The normalized spacial score (nSPS) is 12.8. The van der Waals surface area contributed by atoms with Gasteiger partial charge in [-0.2, -0.15) is 39.5 Å². The zero-order valence-electron chi connectivity index (χ0n) is 12.4. The average Bonchev–Trinajstić information content (AvgIpc) is 2.46. The molecule has 0 atom stereocenters. The summed E-state index contributed by atoms with van der Waals surface area (Å²) in [5.74, 6) is -0.495. The van der Waals surface area contributed by atoms with Gasteiger partial charge >= 0.3 is 24.6 Å². The van der Waals surface area contributed by atoms with Gasteiger partial charge in [-0.1, -0.05) is 0 Å². The molecule has 0 aromatic carbocycles. The zero-order valence-corrected chi connectivity index (χ0v) is 12.4. The Bertz CT molecular complexity index is 599. The van der Waals surface area contributed by atoms with Crippen LogP contribution in [0.4, 0.5) is 44.3 Å². The summed E-state index contributed by atoms with van der Waals surface area (Å²) in [7, 11) is 0. The summed E-state index contributed by atoms with van der Waals surface area (Å²) in [5.41, 5.74) is 0.0305. The van der Waals surface area contributed by atoms with E-state index in [0.29, 0.717) is 0 Å². The highest BCUT2D eigenvalue weighted by atomic mass is 19.4. The van der Waals surface area contributed by atoms with Crippen LogP contribution in [-0.2, 0) is 6.54 Å². The van der Waals surface area contributed by atoms with Crippen molar-refractivity contribution in [1.82, 2.24) is 15.6 Å². The quantitative estimate of drug-likeness (QED) is 0.747. The molecule has 26 heavy (non-hydrogen) atoms. The number of carbonyl (C=O) groups is 1. The minimum atomic E-state index is -5.76. The van der Waals surface area contributed by atoms with Gasteiger partial charge in [-0.15, -0.1) is 0 Å². The number of alkyl halides is 9. The number of ether oxygens (including phenoxy) is 1. The van der Waals surface area contributed by atoms with Crippen molar-refractivity contribution in [2.75, 3.05) is 6.61 Å². The average molecular weight is 399 g/mol. The van der Waals surface area contributed by atoms with E-state index < -0.39 is 49.6 Å². The van der Waals surface area contributed by atoms with E-state index in [1.165, 1.54) is 0 Å². The van der Waals surface area contributed by atoms with Crippen LogP contribution in [0.3, 0.4) is 0 Å². The number of pyridine rings is 1. The first kappa shape index (κ1) is 21.6. The van der Waals surface area contributed by atoms with Crippen molar-refractivity contribution in [2.24, 2.45) is 0 Å². The third-order valence-electron chi connectivity index (χ3n) is 2.57. The number of nitrogens with zero attached hydrogens (tertiary/aromatic N) is 1. The van der Waals surface area contributed by atoms with Crippen LogP contribution >= 0.6 is 0 Å². The Morgan fingerprint density at radius 2 is 1.65 bits per heavy atom. The SMILES string of the molecule is O=C(NCc1ccnc(OCC(F)(F)F)c1)NC(C(F)(F)F)C(F)(F)F. The Morgan fingerprint density at radius 1 is 1.08 bits per heavy atom. The van der Waals surface area contributed by atoms with E-state index in [9.17, 15) is 44.3 Å². The highest BCUT2D eigenvalue weighted by molar-refractivity contribution is 5.74. The number of hydrogen-bond acceptors (Lipinski definition) is 3. The molecule has 1 heterocycles. The number of aromatic nitrogens is 1. The summed E-state index contributed by atoms with van der Waals surface area (Å²) in [6.07, 6.45) is -15.2. The Hall–Kier alpha value is -2.41. The van der Waals surface area contributed by atoms with Crippen molar-refractivity contribution < 1.29 is 49.0 Å². The predicted molar refractivity (Wildman–Crippen MR) is 67.1 cm³/mol. The molecule has 1 rings (SSSR count). The van der Waals surface area contributed by atoms with Gasteiger partial charge in [0.1, 0.15) is 0 Å². The Morgan fingerprint density at radius 3 is 2.15 bits per heavy atom. The summed E-state index contributed by atoms with van der Waals surface area (Å²) in [6.45, 7) is -2.24. The maximum Gasteiger partial charge on any atom is 0.422 e. The molecular weight excluding hydrogens is 389 g/mol. The summed E-state index contributed by atoms with van der Waals surface area (Å²) in [5, 5.41) is 2.45. The fourth-order valence-corrected chi connectivity index (χ4v) is 1.51. The molecule has 0 radical (unpaired) electrons. The molecule has 1 aromatic heterocycles. The van der Waals surface area contributed by atoms with E-state index in [1.54, 1.807) is 5.32 Å². The fraction of sp³-hybridized carbons (Fsp3) is 0.500.